The van der Waals surface area contributed by atoms with Crippen molar-refractivity contribution in [1.29, 1.82) is 0 Å². The average Bonchev–Trinajstić information content (AvgIpc) is 3.37. The van der Waals surface area contributed by atoms with E-state index in [0.717, 1.165) is 48.1 Å². The first-order valence-corrected chi connectivity index (χ1v) is 12.7. The maximum absolute atomic E-state index is 14.4. The average molecular weight is 509 g/mol. The van der Waals surface area contributed by atoms with Gasteiger partial charge in [-0.1, -0.05) is 48.7 Å². The van der Waals surface area contributed by atoms with E-state index in [4.69, 9.17) is 16.7 Å². The minimum atomic E-state index is -0.989. The van der Waals surface area contributed by atoms with Crippen LogP contribution in [0.5, 0.6) is 0 Å². The van der Waals surface area contributed by atoms with Gasteiger partial charge in [-0.15, -0.1) is 0 Å². The Bertz CT molecular complexity index is 1270. The number of pyridine rings is 1. The van der Waals surface area contributed by atoms with Gasteiger partial charge in [0.25, 0.3) is 0 Å². The molecule has 188 valence electrons. The van der Waals surface area contributed by atoms with Gasteiger partial charge in [0.1, 0.15) is 5.82 Å². The predicted molar refractivity (Wildman–Crippen MR) is 140 cm³/mol. The Morgan fingerprint density at radius 2 is 1.81 bits per heavy atom. The summed E-state index contributed by atoms with van der Waals surface area (Å²) in [5, 5.41) is 12.6. The Hall–Kier alpha value is -3.25. The van der Waals surface area contributed by atoms with Crippen LogP contribution in [0.4, 0.5) is 10.1 Å². The summed E-state index contributed by atoms with van der Waals surface area (Å²) in [7, 11) is 0. The summed E-state index contributed by atoms with van der Waals surface area (Å²) in [5.41, 5.74) is 4.99. The van der Waals surface area contributed by atoms with Gasteiger partial charge in [-0.25, -0.2) is 4.39 Å². The molecule has 2 aromatic carbocycles. The van der Waals surface area contributed by atoms with E-state index in [1.54, 1.807) is 19.2 Å². The molecule has 0 bridgehead atoms. The molecular formula is C29H30ClFN2O3. The lowest BCUT2D eigenvalue weighted by Crippen LogP contribution is -2.27. The van der Waals surface area contributed by atoms with Crippen LogP contribution in [0.15, 0.2) is 48.7 Å². The summed E-state index contributed by atoms with van der Waals surface area (Å²) in [6.07, 6.45) is 5.82. The molecule has 36 heavy (non-hydrogen) atoms. The van der Waals surface area contributed by atoms with Gasteiger partial charge in [0.15, 0.2) is 0 Å². The molecule has 0 radical (unpaired) electrons. The van der Waals surface area contributed by atoms with Crippen LogP contribution in [0.25, 0.3) is 11.1 Å². The molecule has 1 saturated carbocycles. The molecule has 2 N–H and O–H groups in total. The predicted octanol–water partition coefficient (Wildman–Crippen LogP) is 7.09. The Morgan fingerprint density at radius 1 is 1.11 bits per heavy atom. The zero-order chi connectivity index (χ0) is 25.8. The molecule has 1 aliphatic rings. The van der Waals surface area contributed by atoms with Gasteiger partial charge in [0.05, 0.1) is 16.6 Å². The number of carboxylic acid groups (broad SMARTS) is 1. The third kappa shape index (κ3) is 5.76. The highest BCUT2D eigenvalue weighted by Gasteiger charge is 2.32. The molecule has 5 nitrogen and oxygen atoms in total. The lowest BCUT2D eigenvalue weighted by atomic mass is 9.83. The van der Waals surface area contributed by atoms with E-state index >= 15 is 0 Å². The van der Waals surface area contributed by atoms with E-state index in [-0.39, 0.29) is 30.6 Å². The van der Waals surface area contributed by atoms with Crippen molar-refractivity contribution in [3.05, 3.63) is 81.9 Å². The first kappa shape index (κ1) is 25.8. The van der Waals surface area contributed by atoms with Gasteiger partial charge in [-0.05, 0) is 79.5 Å². The Labute approximate surface area is 215 Å². The molecule has 0 saturated heterocycles. The highest BCUT2D eigenvalue weighted by atomic mass is 35.5. The van der Waals surface area contributed by atoms with Gasteiger partial charge in [-0.2, -0.15) is 0 Å². The van der Waals surface area contributed by atoms with Crippen molar-refractivity contribution in [3.8, 4) is 11.1 Å². The van der Waals surface area contributed by atoms with Crippen LogP contribution in [0, 0.1) is 25.6 Å². The van der Waals surface area contributed by atoms with Crippen molar-refractivity contribution in [2.45, 2.75) is 58.3 Å². The summed E-state index contributed by atoms with van der Waals surface area (Å²) >= 11 is 6.25. The number of carbonyl (C=O) groups is 2. The molecule has 0 spiro atoms. The van der Waals surface area contributed by atoms with Gasteiger partial charge >= 0.3 is 5.97 Å². The molecule has 1 aromatic heterocycles. The normalized spacial score (nSPS) is 14.6. The molecule has 1 unspecified atom stereocenters. The quantitative estimate of drug-likeness (QED) is 0.340. The number of benzene rings is 2. The number of hydrogen-bond donors (Lipinski definition) is 2. The third-order valence-electron chi connectivity index (χ3n) is 7.17. The Balaban J connectivity index is 1.60. The number of anilines is 1. The second-order valence-electron chi connectivity index (χ2n) is 9.52. The van der Waals surface area contributed by atoms with E-state index in [1.165, 1.54) is 6.07 Å². The minimum Gasteiger partial charge on any atom is -0.481 e. The number of nitrogens with one attached hydrogen (secondary N) is 1. The maximum Gasteiger partial charge on any atom is 0.303 e. The van der Waals surface area contributed by atoms with Crippen LogP contribution >= 0.6 is 11.6 Å². The number of halogens is 2. The van der Waals surface area contributed by atoms with E-state index in [2.05, 4.69) is 10.3 Å². The fourth-order valence-corrected chi connectivity index (χ4v) is 5.25. The lowest BCUT2D eigenvalue weighted by molar-refractivity contribution is -0.137. The third-order valence-corrected chi connectivity index (χ3v) is 7.55. The largest absolute Gasteiger partial charge is 0.481 e. The number of carboxylic acids is 1. The number of rotatable bonds is 8. The molecule has 0 aliphatic heterocycles. The molecule has 1 heterocycles. The van der Waals surface area contributed by atoms with Crippen molar-refractivity contribution in [2.24, 2.45) is 5.92 Å². The number of nitrogens with zero attached hydrogens (tertiary/aromatic N) is 1. The highest BCUT2D eigenvalue weighted by molar-refractivity contribution is 6.31. The van der Waals surface area contributed by atoms with E-state index in [1.807, 2.05) is 37.3 Å². The van der Waals surface area contributed by atoms with Crippen molar-refractivity contribution < 1.29 is 19.1 Å². The number of amides is 1. The second kappa shape index (κ2) is 11.2. The molecular weight excluding hydrogens is 479 g/mol. The van der Waals surface area contributed by atoms with Crippen LogP contribution in [0.1, 0.15) is 60.4 Å². The van der Waals surface area contributed by atoms with E-state index in [9.17, 15) is 14.0 Å². The standard InChI is InChI=1S/C29H30ClFN2O3/c1-17-23(11-14-27(34)35)25(31)12-13-26(17)33-29(36)28(20-5-3-4-6-20)21-9-7-19(8-10-21)22-15-24(30)18(2)32-16-22/h7-10,12-13,15-16,20,28H,3-6,11,14H2,1-2H3,(H,33,36)(H,34,35). The number of aryl methyl sites for hydroxylation is 1. The summed E-state index contributed by atoms with van der Waals surface area (Å²) in [5.74, 6) is -1.70. The summed E-state index contributed by atoms with van der Waals surface area (Å²) < 4.78 is 14.4. The van der Waals surface area contributed by atoms with Gasteiger partial charge in [0.2, 0.25) is 5.91 Å². The first-order valence-electron chi connectivity index (χ1n) is 12.3. The second-order valence-corrected chi connectivity index (χ2v) is 9.92. The highest BCUT2D eigenvalue weighted by Crippen LogP contribution is 2.39. The lowest BCUT2D eigenvalue weighted by Gasteiger charge is -2.24. The van der Waals surface area contributed by atoms with E-state index < -0.39 is 11.8 Å². The molecule has 1 fully saturated rings. The first-order chi connectivity index (χ1) is 17.2. The van der Waals surface area contributed by atoms with Gasteiger partial charge in [-0.3, -0.25) is 14.6 Å². The molecule has 1 amide bonds. The van der Waals surface area contributed by atoms with Gasteiger partial charge < -0.3 is 10.4 Å². The number of carbonyl (C=O) groups excluding carboxylic acids is 1. The fourth-order valence-electron chi connectivity index (χ4n) is 5.08. The van der Waals surface area contributed by atoms with Crippen LogP contribution in [-0.2, 0) is 16.0 Å². The smallest absolute Gasteiger partial charge is 0.303 e. The van der Waals surface area contributed by atoms with Crippen LogP contribution < -0.4 is 5.32 Å². The summed E-state index contributed by atoms with van der Waals surface area (Å²) in [4.78, 5) is 29.0. The zero-order valence-corrected chi connectivity index (χ0v) is 21.2. The Morgan fingerprint density at radius 3 is 2.44 bits per heavy atom. The van der Waals surface area contributed by atoms with Crippen molar-refractivity contribution in [3.63, 3.8) is 0 Å². The van der Waals surface area contributed by atoms with Crippen LogP contribution in [0.2, 0.25) is 5.02 Å². The van der Waals surface area contributed by atoms with Crippen molar-refractivity contribution in [2.75, 3.05) is 5.32 Å². The topological polar surface area (TPSA) is 79.3 Å². The number of aromatic nitrogens is 1. The SMILES string of the molecule is Cc1ncc(-c2ccc(C(C(=O)Nc3ccc(F)c(CCC(=O)O)c3C)C3CCCC3)cc2)cc1Cl. The summed E-state index contributed by atoms with van der Waals surface area (Å²) in [6, 6.07) is 12.7. The molecule has 3 aromatic rings. The van der Waals surface area contributed by atoms with Crippen LogP contribution in [-0.4, -0.2) is 22.0 Å². The maximum atomic E-state index is 14.4. The summed E-state index contributed by atoms with van der Waals surface area (Å²) in [6.45, 7) is 3.58. The van der Waals surface area contributed by atoms with Gasteiger partial charge in [0, 0.05) is 23.9 Å². The van der Waals surface area contributed by atoms with Crippen molar-refractivity contribution in [1.82, 2.24) is 4.98 Å². The van der Waals surface area contributed by atoms with E-state index in [0.29, 0.717) is 21.8 Å². The number of hydrogen-bond acceptors (Lipinski definition) is 3. The molecule has 4 rings (SSSR count). The van der Waals surface area contributed by atoms with Crippen LogP contribution in [0.3, 0.4) is 0 Å². The van der Waals surface area contributed by atoms with Crippen molar-refractivity contribution >= 4 is 29.2 Å². The monoisotopic (exact) mass is 508 g/mol. The number of aliphatic carboxylic acids is 1. The Kier molecular flexibility index (Phi) is 8.04. The molecule has 1 aliphatic carbocycles. The zero-order valence-electron chi connectivity index (χ0n) is 20.5. The molecule has 1 atom stereocenters. The minimum absolute atomic E-state index is 0.0715. The molecule has 7 heteroatoms. The fraction of sp³-hybridized carbons (Fsp3) is 0.345.